The van der Waals surface area contributed by atoms with Gasteiger partial charge in [0.15, 0.2) is 0 Å². The first-order valence-electron chi connectivity index (χ1n) is 8.37. The minimum absolute atomic E-state index is 0.361. The maximum atomic E-state index is 8.17. The van der Waals surface area contributed by atoms with Crippen LogP contribution in [-0.4, -0.2) is 22.8 Å². The van der Waals surface area contributed by atoms with Gasteiger partial charge in [-0.15, -0.1) is 0 Å². The normalized spacial score (nSPS) is 23.6. The van der Waals surface area contributed by atoms with Gasteiger partial charge in [0.05, 0.1) is 47.0 Å². The quantitative estimate of drug-likeness (QED) is 0.481. The Morgan fingerprint density at radius 2 is 1.15 bits per heavy atom. The van der Waals surface area contributed by atoms with E-state index in [0.717, 1.165) is 43.2 Å². The predicted molar refractivity (Wildman–Crippen MR) is 114 cm³/mol. The molecule has 4 nitrogen and oxygen atoms in total. The van der Waals surface area contributed by atoms with Gasteiger partial charge in [0, 0.05) is 8.96 Å². The van der Waals surface area contributed by atoms with E-state index in [1.807, 2.05) is 48.6 Å². The van der Waals surface area contributed by atoms with E-state index in [4.69, 9.17) is 1.37 Å². The van der Waals surface area contributed by atoms with Crippen molar-refractivity contribution in [1.29, 1.82) is 0 Å². The number of rotatable bonds is 0. The maximum Gasteiger partial charge on any atom is 0.0801 e. The summed E-state index contributed by atoms with van der Waals surface area (Å²) in [5.74, 6) is 0. The number of hydrogen-bond donors (Lipinski definition) is 0. The Labute approximate surface area is 168 Å². The van der Waals surface area contributed by atoms with Crippen molar-refractivity contribution >= 4 is 54.7 Å². The van der Waals surface area contributed by atoms with Crippen LogP contribution in [-0.2, 0) is 0 Å². The number of nitrogens with zero attached hydrogens (tertiary/aromatic N) is 4. The molecule has 5 aliphatic rings. The molecule has 124 valence electrons. The SMILES string of the molecule is [2H]C1=CC2=CC3=NC(=CC4=NC(=CC5=NC(=CC1=N2)C=C5)C=C4Br)C=C3Br. The zero-order valence-electron chi connectivity index (χ0n) is 14.2. The summed E-state index contributed by atoms with van der Waals surface area (Å²) in [6, 6.07) is 0.361. The molecule has 0 fully saturated rings. The Kier molecular flexibility index (Phi) is 3.43. The van der Waals surface area contributed by atoms with Crippen molar-refractivity contribution in [2.75, 3.05) is 0 Å². The molecule has 5 aliphatic heterocycles. The van der Waals surface area contributed by atoms with Crippen molar-refractivity contribution in [2.24, 2.45) is 20.0 Å². The Hall–Kier alpha value is -2.44. The van der Waals surface area contributed by atoms with Crippen LogP contribution in [0.2, 0.25) is 0 Å². The zero-order chi connectivity index (χ0) is 18.5. The molecule has 0 saturated carbocycles. The maximum absolute atomic E-state index is 8.17. The number of allylic oxidation sites excluding steroid dienone is 12. The van der Waals surface area contributed by atoms with Crippen molar-refractivity contribution in [3.63, 3.8) is 0 Å². The van der Waals surface area contributed by atoms with Gasteiger partial charge in [0.25, 0.3) is 0 Å². The number of fused-ring (bicyclic) bond motifs is 4. The molecule has 26 heavy (non-hydrogen) atoms. The second-order valence-electron chi connectivity index (χ2n) is 5.91. The summed E-state index contributed by atoms with van der Waals surface area (Å²) >= 11 is 7.12. The molecule has 0 N–H and O–H groups in total. The van der Waals surface area contributed by atoms with Crippen LogP contribution in [0.25, 0.3) is 0 Å². The highest BCUT2D eigenvalue weighted by Gasteiger charge is 2.17. The fourth-order valence-corrected chi connectivity index (χ4v) is 3.71. The molecule has 0 aromatic rings. The predicted octanol–water partition coefficient (Wildman–Crippen LogP) is 5.02. The van der Waals surface area contributed by atoms with E-state index >= 15 is 0 Å². The summed E-state index contributed by atoms with van der Waals surface area (Å²) < 4.78 is 9.94. The summed E-state index contributed by atoms with van der Waals surface area (Å²) in [4.78, 5) is 18.4. The van der Waals surface area contributed by atoms with Crippen LogP contribution < -0.4 is 0 Å². The van der Waals surface area contributed by atoms with Gasteiger partial charge in [-0.2, -0.15) is 0 Å². The first-order valence-corrected chi connectivity index (χ1v) is 9.45. The summed E-state index contributed by atoms with van der Waals surface area (Å²) in [6.07, 6.45) is 17.0. The van der Waals surface area contributed by atoms with Gasteiger partial charge in [0.1, 0.15) is 0 Å². The van der Waals surface area contributed by atoms with Crippen LogP contribution in [0.1, 0.15) is 1.37 Å². The van der Waals surface area contributed by atoms with Crippen molar-refractivity contribution < 1.29 is 1.37 Å². The van der Waals surface area contributed by atoms with Crippen LogP contribution in [0.15, 0.2) is 112 Å². The van der Waals surface area contributed by atoms with Gasteiger partial charge < -0.3 is 0 Å². The summed E-state index contributed by atoms with van der Waals surface area (Å²) in [7, 11) is 0. The third-order valence-corrected chi connectivity index (χ3v) is 5.26. The van der Waals surface area contributed by atoms with Gasteiger partial charge in [-0.05, 0) is 92.6 Å². The minimum atomic E-state index is 0.361. The van der Waals surface area contributed by atoms with Crippen molar-refractivity contribution in [3.8, 4) is 0 Å². The van der Waals surface area contributed by atoms with Crippen LogP contribution in [0.4, 0.5) is 0 Å². The second kappa shape index (κ2) is 6.07. The molecule has 0 atom stereocenters. The van der Waals surface area contributed by atoms with E-state index in [9.17, 15) is 0 Å². The molecule has 5 rings (SSSR count). The summed E-state index contributed by atoms with van der Waals surface area (Å²) in [5, 5.41) is 0. The van der Waals surface area contributed by atoms with Gasteiger partial charge in [-0.1, -0.05) is 0 Å². The Balaban J connectivity index is 1.69. The van der Waals surface area contributed by atoms with E-state index in [1.54, 1.807) is 6.08 Å². The lowest BCUT2D eigenvalue weighted by Crippen LogP contribution is -1.91. The molecule has 0 amide bonds. The fourth-order valence-electron chi connectivity index (χ4n) is 2.83. The van der Waals surface area contributed by atoms with Crippen LogP contribution in [0.3, 0.4) is 0 Å². The average Bonchev–Trinajstić information content (AvgIpc) is 3.34. The molecule has 6 heteroatoms. The zero-order valence-corrected chi connectivity index (χ0v) is 16.4. The molecule has 0 aliphatic carbocycles. The topological polar surface area (TPSA) is 49.4 Å². The van der Waals surface area contributed by atoms with E-state index in [2.05, 4.69) is 51.8 Å². The number of aliphatic imine (C=N–C) groups is 4. The Morgan fingerprint density at radius 3 is 1.92 bits per heavy atom. The lowest BCUT2D eigenvalue weighted by Gasteiger charge is -1.95. The molecule has 0 aromatic heterocycles. The van der Waals surface area contributed by atoms with Crippen molar-refractivity contribution in [1.82, 2.24) is 0 Å². The summed E-state index contributed by atoms with van der Waals surface area (Å²) in [6.45, 7) is 0. The highest BCUT2D eigenvalue weighted by molar-refractivity contribution is 9.12. The van der Waals surface area contributed by atoms with E-state index in [1.165, 1.54) is 0 Å². The van der Waals surface area contributed by atoms with Crippen LogP contribution in [0, 0.1) is 0 Å². The van der Waals surface area contributed by atoms with Gasteiger partial charge in [0.2, 0.25) is 0 Å². The number of halogens is 2. The number of hydrogen-bond acceptors (Lipinski definition) is 4. The Morgan fingerprint density at radius 1 is 0.577 bits per heavy atom. The van der Waals surface area contributed by atoms with Crippen LogP contribution in [0.5, 0.6) is 0 Å². The molecule has 5 heterocycles. The molecule has 0 aromatic carbocycles. The lowest BCUT2D eigenvalue weighted by molar-refractivity contribution is 1.41. The molecule has 8 bridgehead atoms. The second-order valence-corrected chi connectivity index (χ2v) is 7.62. The third kappa shape index (κ3) is 2.95. The molecule has 0 unspecified atom stereocenters. The largest absolute Gasteiger partial charge is 0.249 e. The van der Waals surface area contributed by atoms with Crippen LogP contribution >= 0.6 is 31.9 Å². The molecule has 0 radical (unpaired) electrons. The molecular formula is C20H10Br2N4. The minimum Gasteiger partial charge on any atom is -0.249 e. The smallest absolute Gasteiger partial charge is 0.0801 e. The third-order valence-electron chi connectivity index (χ3n) is 3.99. The lowest BCUT2D eigenvalue weighted by atomic mass is 10.2. The first-order chi connectivity index (χ1) is 13.0. The monoisotopic (exact) mass is 465 g/mol. The van der Waals surface area contributed by atoms with Gasteiger partial charge in [-0.3, -0.25) is 0 Å². The van der Waals surface area contributed by atoms with E-state index < -0.39 is 0 Å². The standard InChI is InChI=1S/C20H10Br2N4/c21-17-7-15-6-13-2-1-11(23-13)5-12-3-4-14(24-12)9-19-18(22)8-16(26-19)10-20(17)25-15/h1-10H/i3D. The molecule has 0 spiro atoms. The highest BCUT2D eigenvalue weighted by atomic mass is 79.9. The van der Waals surface area contributed by atoms with Gasteiger partial charge >= 0.3 is 0 Å². The van der Waals surface area contributed by atoms with Gasteiger partial charge in [-0.25, -0.2) is 20.0 Å². The van der Waals surface area contributed by atoms with Crippen molar-refractivity contribution in [3.05, 3.63) is 92.5 Å². The molecular weight excluding hydrogens is 456 g/mol. The molecule has 0 saturated heterocycles. The Bertz CT molecular complexity index is 1180. The summed E-state index contributed by atoms with van der Waals surface area (Å²) in [5.41, 5.74) is 6.04. The van der Waals surface area contributed by atoms with Crippen molar-refractivity contribution in [2.45, 2.75) is 0 Å². The average molecular weight is 467 g/mol. The fraction of sp³-hybridized carbons (Fsp3) is 0. The first kappa shape index (κ1) is 14.7. The van der Waals surface area contributed by atoms with E-state index in [0.29, 0.717) is 17.5 Å². The van der Waals surface area contributed by atoms with E-state index in [-0.39, 0.29) is 0 Å². The highest BCUT2D eigenvalue weighted by Crippen LogP contribution is 2.28.